The molecule has 1 aromatic carbocycles. The number of rotatable bonds is 4. The van der Waals surface area contributed by atoms with E-state index >= 15 is 0 Å². The van der Waals surface area contributed by atoms with Gasteiger partial charge in [-0.15, -0.1) is 0 Å². The SMILES string of the molecule is CC(C)(C)OC(=O)NCC(C(=O)O)c1ccc(Cl)c(Cl)c1. The van der Waals surface area contributed by atoms with Gasteiger partial charge >= 0.3 is 12.1 Å². The number of alkyl carbamates (subject to hydrolysis) is 1. The van der Waals surface area contributed by atoms with Gasteiger partial charge in [0, 0.05) is 6.54 Å². The van der Waals surface area contributed by atoms with E-state index in [1.165, 1.54) is 12.1 Å². The lowest BCUT2D eigenvalue weighted by atomic mass is 9.99. The summed E-state index contributed by atoms with van der Waals surface area (Å²) < 4.78 is 5.06. The molecule has 7 heteroatoms. The van der Waals surface area contributed by atoms with E-state index in [-0.39, 0.29) is 11.6 Å². The summed E-state index contributed by atoms with van der Waals surface area (Å²) in [4.78, 5) is 22.9. The monoisotopic (exact) mass is 333 g/mol. The van der Waals surface area contributed by atoms with Crippen LogP contribution in [-0.2, 0) is 9.53 Å². The Morgan fingerprint density at radius 3 is 2.38 bits per heavy atom. The van der Waals surface area contributed by atoms with E-state index < -0.39 is 23.6 Å². The average molecular weight is 334 g/mol. The fourth-order valence-corrected chi connectivity index (χ4v) is 1.88. The minimum Gasteiger partial charge on any atom is -0.481 e. The molecule has 1 aromatic rings. The molecule has 21 heavy (non-hydrogen) atoms. The van der Waals surface area contributed by atoms with Crippen LogP contribution < -0.4 is 5.32 Å². The highest BCUT2D eigenvalue weighted by molar-refractivity contribution is 6.42. The molecule has 0 radical (unpaired) electrons. The molecule has 1 unspecified atom stereocenters. The highest BCUT2D eigenvalue weighted by Gasteiger charge is 2.23. The predicted octanol–water partition coefficient (Wildman–Crippen LogP) is 3.69. The van der Waals surface area contributed by atoms with Gasteiger partial charge < -0.3 is 15.2 Å². The number of halogens is 2. The van der Waals surface area contributed by atoms with Crippen molar-refractivity contribution >= 4 is 35.3 Å². The first kappa shape index (κ1) is 17.6. The van der Waals surface area contributed by atoms with Crippen LogP contribution in [0.3, 0.4) is 0 Å². The molecule has 0 saturated heterocycles. The van der Waals surface area contributed by atoms with Crippen LogP contribution in [0.2, 0.25) is 10.0 Å². The number of aliphatic carboxylic acids is 1. The number of hydrogen-bond donors (Lipinski definition) is 2. The van der Waals surface area contributed by atoms with Crippen molar-refractivity contribution in [3.05, 3.63) is 33.8 Å². The minimum absolute atomic E-state index is 0.109. The molecule has 1 amide bonds. The van der Waals surface area contributed by atoms with Crippen LogP contribution >= 0.6 is 23.2 Å². The topological polar surface area (TPSA) is 75.6 Å². The van der Waals surface area contributed by atoms with Crippen LogP contribution in [-0.4, -0.2) is 29.3 Å². The highest BCUT2D eigenvalue weighted by atomic mass is 35.5. The Bertz CT molecular complexity index is 540. The van der Waals surface area contributed by atoms with Gasteiger partial charge in [-0.05, 0) is 38.5 Å². The second-order valence-corrected chi connectivity index (χ2v) is 6.26. The smallest absolute Gasteiger partial charge is 0.407 e. The molecule has 116 valence electrons. The minimum atomic E-state index is -1.08. The number of carboxylic acids is 1. The summed E-state index contributed by atoms with van der Waals surface area (Å²) in [6.07, 6.45) is -0.672. The van der Waals surface area contributed by atoms with Crippen LogP contribution in [0.5, 0.6) is 0 Å². The Kier molecular flexibility index (Phi) is 5.87. The number of carbonyl (C=O) groups is 2. The van der Waals surface area contributed by atoms with Crippen LogP contribution in [0, 0.1) is 0 Å². The number of nitrogens with one attached hydrogen (secondary N) is 1. The molecule has 0 spiro atoms. The van der Waals surface area contributed by atoms with E-state index in [1.807, 2.05) is 0 Å². The summed E-state index contributed by atoms with van der Waals surface area (Å²) in [5, 5.41) is 12.3. The van der Waals surface area contributed by atoms with Crippen LogP contribution in [0.1, 0.15) is 32.3 Å². The Morgan fingerprint density at radius 1 is 1.29 bits per heavy atom. The van der Waals surface area contributed by atoms with E-state index in [2.05, 4.69) is 5.32 Å². The summed E-state index contributed by atoms with van der Waals surface area (Å²) in [6.45, 7) is 5.06. The van der Waals surface area contributed by atoms with Gasteiger partial charge in [-0.3, -0.25) is 4.79 Å². The Morgan fingerprint density at radius 2 is 1.90 bits per heavy atom. The quantitative estimate of drug-likeness (QED) is 0.881. The van der Waals surface area contributed by atoms with E-state index in [9.17, 15) is 14.7 Å². The van der Waals surface area contributed by atoms with Crippen molar-refractivity contribution in [2.45, 2.75) is 32.3 Å². The van der Waals surface area contributed by atoms with E-state index in [0.717, 1.165) is 0 Å². The van der Waals surface area contributed by atoms with Crippen LogP contribution in [0.4, 0.5) is 4.79 Å². The molecule has 0 heterocycles. The van der Waals surface area contributed by atoms with Crippen molar-refractivity contribution in [2.24, 2.45) is 0 Å². The molecule has 0 aliphatic rings. The van der Waals surface area contributed by atoms with Crippen molar-refractivity contribution in [1.82, 2.24) is 5.32 Å². The van der Waals surface area contributed by atoms with Crippen molar-refractivity contribution in [3.63, 3.8) is 0 Å². The normalized spacial score (nSPS) is 12.6. The van der Waals surface area contributed by atoms with Crippen LogP contribution in [0.25, 0.3) is 0 Å². The fraction of sp³-hybridized carbons (Fsp3) is 0.429. The second kappa shape index (κ2) is 7.00. The third-order valence-electron chi connectivity index (χ3n) is 2.49. The first-order valence-electron chi connectivity index (χ1n) is 6.25. The van der Waals surface area contributed by atoms with Gasteiger partial charge in [-0.1, -0.05) is 29.3 Å². The maximum Gasteiger partial charge on any atom is 0.407 e. The molecule has 1 rings (SSSR count). The number of benzene rings is 1. The lowest BCUT2D eigenvalue weighted by Crippen LogP contribution is -2.36. The molecule has 2 N–H and O–H groups in total. The molecule has 0 saturated carbocycles. The van der Waals surface area contributed by atoms with Gasteiger partial charge in [0.15, 0.2) is 0 Å². The summed E-state index contributed by atoms with van der Waals surface area (Å²) >= 11 is 11.7. The number of carboxylic acid groups (broad SMARTS) is 1. The molecular weight excluding hydrogens is 317 g/mol. The molecule has 5 nitrogen and oxygen atoms in total. The number of ether oxygens (including phenoxy) is 1. The third kappa shape index (κ3) is 5.81. The standard InChI is InChI=1S/C14H17Cl2NO4/c1-14(2,3)21-13(20)17-7-9(12(18)19)8-4-5-10(15)11(16)6-8/h4-6,9H,7H2,1-3H3,(H,17,20)(H,18,19). The van der Waals surface area contributed by atoms with Crippen molar-refractivity contribution in [2.75, 3.05) is 6.54 Å². The summed E-state index contributed by atoms with van der Waals surface area (Å²) in [5.74, 6) is -2.02. The van der Waals surface area contributed by atoms with Gasteiger partial charge in [-0.25, -0.2) is 4.79 Å². The van der Waals surface area contributed by atoms with E-state index in [1.54, 1.807) is 26.8 Å². The molecule has 1 atom stereocenters. The molecule has 0 aliphatic heterocycles. The molecule has 0 fully saturated rings. The van der Waals surface area contributed by atoms with Gasteiger partial charge in [-0.2, -0.15) is 0 Å². The van der Waals surface area contributed by atoms with Crippen LogP contribution in [0.15, 0.2) is 18.2 Å². The Balaban J connectivity index is 2.77. The van der Waals surface area contributed by atoms with E-state index in [0.29, 0.717) is 10.6 Å². The lowest BCUT2D eigenvalue weighted by Gasteiger charge is -2.21. The number of amides is 1. The zero-order chi connectivity index (χ0) is 16.2. The summed E-state index contributed by atoms with van der Waals surface area (Å²) in [5.41, 5.74) is -0.195. The first-order valence-corrected chi connectivity index (χ1v) is 7.00. The third-order valence-corrected chi connectivity index (χ3v) is 3.23. The van der Waals surface area contributed by atoms with Gasteiger partial charge in [0.2, 0.25) is 0 Å². The van der Waals surface area contributed by atoms with Gasteiger partial charge in [0.05, 0.1) is 16.0 Å². The zero-order valence-electron chi connectivity index (χ0n) is 11.9. The summed E-state index contributed by atoms with van der Waals surface area (Å²) in [7, 11) is 0. The average Bonchev–Trinajstić information content (AvgIpc) is 2.31. The number of hydrogen-bond acceptors (Lipinski definition) is 3. The predicted molar refractivity (Wildman–Crippen MR) is 81.1 cm³/mol. The zero-order valence-corrected chi connectivity index (χ0v) is 13.5. The van der Waals surface area contributed by atoms with Crippen molar-refractivity contribution in [3.8, 4) is 0 Å². The maximum absolute atomic E-state index is 11.6. The lowest BCUT2D eigenvalue weighted by molar-refractivity contribution is -0.138. The Hall–Kier alpha value is -1.46. The first-order chi connectivity index (χ1) is 9.60. The molecule has 0 bridgehead atoms. The second-order valence-electron chi connectivity index (χ2n) is 5.45. The fourth-order valence-electron chi connectivity index (χ4n) is 1.58. The largest absolute Gasteiger partial charge is 0.481 e. The summed E-state index contributed by atoms with van der Waals surface area (Å²) in [6, 6.07) is 4.55. The molecule has 0 aliphatic carbocycles. The molecule has 0 aromatic heterocycles. The maximum atomic E-state index is 11.6. The number of carbonyl (C=O) groups excluding carboxylic acids is 1. The van der Waals surface area contributed by atoms with E-state index in [4.69, 9.17) is 27.9 Å². The van der Waals surface area contributed by atoms with Gasteiger partial charge in [0.1, 0.15) is 5.60 Å². The van der Waals surface area contributed by atoms with Gasteiger partial charge in [0.25, 0.3) is 0 Å². The van der Waals surface area contributed by atoms with Crippen molar-refractivity contribution < 1.29 is 19.4 Å². The van der Waals surface area contributed by atoms with Crippen molar-refractivity contribution in [1.29, 1.82) is 0 Å². The molecular formula is C14H17Cl2NO4. The highest BCUT2D eigenvalue weighted by Crippen LogP contribution is 2.26. The Labute approximate surface area is 133 Å².